The van der Waals surface area contributed by atoms with Crippen molar-refractivity contribution >= 4 is 43.9 Å². The van der Waals surface area contributed by atoms with E-state index < -0.39 is 0 Å². The van der Waals surface area contributed by atoms with E-state index in [2.05, 4.69) is 41.1 Å². The Morgan fingerprint density at radius 3 is 2.60 bits per heavy atom. The minimum Gasteiger partial charge on any atom is -0.382 e. The van der Waals surface area contributed by atoms with Gasteiger partial charge in [0.15, 0.2) is 5.82 Å². The number of nitrogens with one attached hydrogen (secondary N) is 1. The van der Waals surface area contributed by atoms with Gasteiger partial charge < -0.3 is 10.7 Å². The van der Waals surface area contributed by atoms with E-state index in [1.54, 1.807) is 18.6 Å². The molecule has 0 radical (unpaired) electrons. The van der Waals surface area contributed by atoms with Gasteiger partial charge in [-0.05, 0) is 36.4 Å². The third kappa shape index (κ3) is 3.14. The molecule has 6 nitrogen and oxygen atoms in total. The van der Waals surface area contributed by atoms with Gasteiger partial charge >= 0.3 is 0 Å². The second kappa shape index (κ2) is 6.45. The number of nitrogens with zero attached hydrogens (tertiary/aromatic N) is 4. The summed E-state index contributed by atoms with van der Waals surface area (Å²) in [7, 11) is 0. The summed E-state index contributed by atoms with van der Waals surface area (Å²) in [4.78, 5) is 11.5. The van der Waals surface area contributed by atoms with Crippen molar-refractivity contribution in [3.05, 3.63) is 65.5 Å². The highest BCUT2D eigenvalue weighted by molar-refractivity contribution is 9.10. The molecule has 122 valence electrons. The van der Waals surface area contributed by atoms with Crippen LogP contribution in [0.5, 0.6) is 0 Å². The average Bonchev–Trinajstić information content (AvgIpc) is 3.16. The van der Waals surface area contributed by atoms with Gasteiger partial charge in [-0.3, -0.25) is 0 Å². The van der Waals surface area contributed by atoms with Crippen molar-refractivity contribution < 1.29 is 0 Å². The van der Waals surface area contributed by atoms with E-state index in [1.165, 1.54) is 0 Å². The molecule has 2 aromatic carbocycles. The van der Waals surface area contributed by atoms with Gasteiger partial charge in [-0.1, -0.05) is 22.0 Å². The number of pyridine rings is 1. The fourth-order valence-corrected chi connectivity index (χ4v) is 2.87. The Labute approximate surface area is 152 Å². The quantitative estimate of drug-likeness (QED) is 0.458. The Bertz CT molecular complexity index is 1050. The topological polar surface area (TPSA) is 92.3 Å². The Balaban J connectivity index is 1.69. The second-order valence-electron chi connectivity index (χ2n) is 5.41. The van der Waals surface area contributed by atoms with Crippen LogP contribution < -0.4 is 5.73 Å². The van der Waals surface area contributed by atoms with Crippen LogP contribution in [0, 0.1) is 0 Å². The van der Waals surface area contributed by atoms with Crippen LogP contribution in [-0.4, -0.2) is 15.0 Å². The molecule has 0 bridgehead atoms. The van der Waals surface area contributed by atoms with E-state index in [1.807, 2.05) is 42.5 Å². The molecule has 0 aliphatic heterocycles. The fraction of sp³-hybridized carbons (Fsp3) is 0. The highest BCUT2D eigenvalue weighted by Gasteiger charge is 2.07. The molecule has 25 heavy (non-hydrogen) atoms. The zero-order valence-corrected chi connectivity index (χ0v) is 14.6. The Morgan fingerprint density at radius 2 is 1.84 bits per heavy atom. The molecule has 0 aliphatic carbocycles. The van der Waals surface area contributed by atoms with Crippen molar-refractivity contribution in [3.8, 4) is 11.4 Å². The van der Waals surface area contributed by atoms with Gasteiger partial charge in [-0.2, -0.15) is 5.11 Å². The summed E-state index contributed by atoms with van der Waals surface area (Å²) >= 11 is 3.47. The van der Waals surface area contributed by atoms with E-state index in [9.17, 15) is 0 Å². The number of fused-ring (bicyclic) bond motifs is 1. The molecule has 0 unspecified atom stereocenters. The van der Waals surface area contributed by atoms with Gasteiger partial charge in [0.1, 0.15) is 11.5 Å². The summed E-state index contributed by atoms with van der Waals surface area (Å²) in [6.07, 6.45) is 5.24. The zero-order chi connectivity index (χ0) is 17.2. The van der Waals surface area contributed by atoms with Crippen LogP contribution in [0.4, 0.5) is 17.2 Å². The van der Waals surface area contributed by atoms with Gasteiger partial charge in [0.05, 0.1) is 5.69 Å². The number of aromatic nitrogens is 3. The molecule has 0 saturated heterocycles. The number of halogens is 1. The Hall–Kier alpha value is -3.06. The summed E-state index contributed by atoms with van der Waals surface area (Å²) in [6.45, 7) is 0. The lowest BCUT2D eigenvalue weighted by atomic mass is 10.1. The molecule has 0 atom stereocenters. The number of H-pyrrole nitrogens is 1. The number of aromatic amines is 1. The molecule has 0 saturated carbocycles. The van der Waals surface area contributed by atoms with Gasteiger partial charge in [-0.15, -0.1) is 5.11 Å². The number of imidazole rings is 1. The number of anilines is 1. The second-order valence-corrected chi connectivity index (χ2v) is 6.32. The smallest absolute Gasteiger partial charge is 0.151 e. The molecule has 4 aromatic rings. The van der Waals surface area contributed by atoms with Crippen molar-refractivity contribution in [2.45, 2.75) is 0 Å². The van der Waals surface area contributed by atoms with Crippen molar-refractivity contribution in [2.24, 2.45) is 10.2 Å². The van der Waals surface area contributed by atoms with Gasteiger partial charge in [0, 0.05) is 39.4 Å². The first-order valence-electron chi connectivity index (χ1n) is 7.56. The Kier molecular flexibility index (Phi) is 3.99. The van der Waals surface area contributed by atoms with Crippen LogP contribution in [0.3, 0.4) is 0 Å². The van der Waals surface area contributed by atoms with Crippen molar-refractivity contribution in [1.82, 2.24) is 15.0 Å². The first-order valence-corrected chi connectivity index (χ1v) is 8.35. The van der Waals surface area contributed by atoms with Crippen LogP contribution >= 0.6 is 15.9 Å². The number of azo groups is 1. The van der Waals surface area contributed by atoms with E-state index in [0.717, 1.165) is 32.3 Å². The number of hydrogen-bond donors (Lipinski definition) is 2. The number of nitrogens with two attached hydrogens (primary N) is 1. The van der Waals surface area contributed by atoms with Crippen LogP contribution in [0.25, 0.3) is 22.2 Å². The first kappa shape index (κ1) is 15.5. The maximum Gasteiger partial charge on any atom is 0.151 e. The standard InChI is InChI=1S/C18H13BrN6/c19-13-4-1-12-10-23-17(20)16(15(12)9-13)25-24-14-5-2-11(3-6-14)18-21-7-8-22-18/h1-10H,(H2,20,23)(H,21,22). The lowest BCUT2D eigenvalue weighted by molar-refractivity contribution is 1.22. The van der Waals surface area contributed by atoms with Crippen LogP contribution in [0.15, 0.2) is 75.8 Å². The predicted molar refractivity (Wildman–Crippen MR) is 102 cm³/mol. The summed E-state index contributed by atoms with van der Waals surface area (Å²) in [5, 5.41) is 10.5. The minimum absolute atomic E-state index is 0.349. The number of rotatable bonds is 3. The molecule has 0 fully saturated rings. The van der Waals surface area contributed by atoms with E-state index >= 15 is 0 Å². The predicted octanol–water partition coefficient (Wildman–Crippen LogP) is 5.39. The highest BCUT2D eigenvalue weighted by Crippen LogP contribution is 2.33. The molecule has 2 heterocycles. The van der Waals surface area contributed by atoms with Gasteiger partial charge in [-0.25, -0.2) is 9.97 Å². The average molecular weight is 393 g/mol. The van der Waals surface area contributed by atoms with Crippen LogP contribution in [-0.2, 0) is 0 Å². The van der Waals surface area contributed by atoms with Crippen LogP contribution in [0.1, 0.15) is 0 Å². The van der Waals surface area contributed by atoms with Crippen molar-refractivity contribution in [3.63, 3.8) is 0 Å². The Morgan fingerprint density at radius 1 is 1.00 bits per heavy atom. The maximum atomic E-state index is 6.00. The largest absolute Gasteiger partial charge is 0.382 e. The third-order valence-corrected chi connectivity index (χ3v) is 4.25. The molecule has 4 rings (SSSR count). The molecule has 0 aliphatic rings. The highest BCUT2D eigenvalue weighted by atomic mass is 79.9. The summed E-state index contributed by atoms with van der Waals surface area (Å²) < 4.78 is 0.949. The molecule has 3 N–H and O–H groups in total. The summed E-state index contributed by atoms with van der Waals surface area (Å²) in [5.74, 6) is 1.16. The SMILES string of the molecule is Nc1ncc2ccc(Br)cc2c1N=Nc1ccc(-c2ncc[nH]2)cc1. The number of nitrogen functional groups attached to an aromatic ring is 1. The fourth-order valence-electron chi connectivity index (χ4n) is 2.51. The minimum atomic E-state index is 0.349. The number of benzene rings is 2. The van der Waals surface area contributed by atoms with E-state index in [-0.39, 0.29) is 0 Å². The van der Waals surface area contributed by atoms with E-state index in [4.69, 9.17) is 5.73 Å². The zero-order valence-electron chi connectivity index (χ0n) is 13.0. The van der Waals surface area contributed by atoms with Gasteiger partial charge in [0.25, 0.3) is 0 Å². The first-order chi connectivity index (χ1) is 12.2. The van der Waals surface area contributed by atoms with Crippen molar-refractivity contribution in [2.75, 3.05) is 5.73 Å². The molecular formula is C18H13BrN6. The lowest BCUT2D eigenvalue weighted by Crippen LogP contribution is -1.90. The molecule has 0 amide bonds. The summed E-state index contributed by atoms with van der Waals surface area (Å²) in [6, 6.07) is 13.5. The van der Waals surface area contributed by atoms with Gasteiger partial charge in [0.2, 0.25) is 0 Å². The molecule has 0 spiro atoms. The molecular weight excluding hydrogens is 380 g/mol. The summed E-state index contributed by atoms with van der Waals surface area (Å²) in [5.41, 5.74) is 8.27. The molecule has 7 heteroatoms. The van der Waals surface area contributed by atoms with E-state index in [0.29, 0.717) is 11.5 Å². The number of hydrogen-bond acceptors (Lipinski definition) is 5. The third-order valence-electron chi connectivity index (χ3n) is 3.76. The molecule has 2 aromatic heterocycles. The lowest BCUT2D eigenvalue weighted by Gasteiger charge is -2.04. The maximum absolute atomic E-state index is 6.00. The van der Waals surface area contributed by atoms with Crippen molar-refractivity contribution in [1.29, 1.82) is 0 Å². The van der Waals surface area contributed by atoms with Crippen LogP contribution in [0.2, 0.25) is 0 Å². The normalized spacial score (nSPS) is 11.4. The monoisotopic (exact) mass is 392 g/mol.